The second kappa shape index (κ2) is 6.61. The molecule has 0 saturated heterocycles. The monoisotopic (exact) mass is 309 g/mol. The third kappa shape index (κ3) is 3.17. The van der Waals surface area contributed by atoms with Crippen LogP contribution in [0.25, 0.3) is 0 Å². The van der Waals surface area contributed by atoms with Crippen LogP contribution in [0.5, 0.6) is 5.75 Å². The van der Waals surface area contributed by atoms with Crippen molar-refractivity contribution in [1.82, 2.24) is 5.32 Å². The van der Waals surface area contributed by atoms with Gasteiger partial charge in [0.2, 0.25) is 0 Å². The van der Waals surface area contributed by atoms with Gasteiger partial charge in [-0.25, -0.2) is 0 Å². The minimum Gasteiger partial charge on any atom is -0.496 e. The zero-order valence-corrected chi connectivity index (χ0v) is 13.9. The molecule has 0 spiro atoms. The van der Waals surface area contributed by atoms with E-state index < -0.39 is 0 Å². The van der Waals surface area contributed by atoms with Crippen LogP contribution in [0.2, 0.25) is 5.02 Å². The van der Waals surface area contributed by atoms with Gasteiger partial charge in [-0.15, -0.1) is 11.3 Å². The van der Waals surface area contributed by atoms with E-state index in [0.717, 1.165) is 22.8 Å². The first kappa shape index (κ1) is 15.4. The van der Waals surface area contributed by atoms with Crippen molar-refractivity contribution in [2.45, 2.75) is 26.3 Å². The Labute approximate surface area is 129 Å². The maximum atomic E-state index is 6.39. The zero-order chi connectivity index (χ0) is 14.7. The Hall–Kier alpha value is -1.03. The van der Waals surface area contributed by atoms with Gasteiger partial charge in [0.25, 0.3) is 0 Å². The number of thiophene rings is 1. The lowest BCUT2D eigenvalue weighted by molar-refractivity contribution is 0.406. The molecule has 1 aromatic heterocycles. The number of benzene rings is 1. The van der Waals surface area contributed by atoms with Crippen molar-refractivity contribution in [2.75, 3.05) is 14.2 Å². The summed E-state index contributed by atoms with van der Waals surface area (Å²) in [4.78, 5) is 1.19. The average molecular weight is 310 g/mol. The van der Waals surface area contributed by atoms with Crippen LogP contribution in [0, 0.1) is 13.8 Å². The van der Waals surface area contributed by atoms with Crippen molar-refractivity contribution < 1.29 is 4.74 Å². The summed E-state index contributed by atoms with van der Waals surface area (Å²) in [5.41, 5.74) is 3.58. The second-order valence-electron chi connectivity index (χ2n) is 4.96. The molecule has 0 fully saturated rings. The maximum Gasteiger partial charge on any atom is 0.122 e. The first-order valence-electron chi connectivity index (χ1n) is 6.61. The predicted molar refractivity (Wildman–Crippen MR) is 87.3 cm³/mol. The number of ether oxygens (including phenoxy) is 1. The summed E-state index contributed by atoms with van der Waals surface area (Å²) in [6, 6.07) is 6.48. The van der Waals surface area contributed by atoms with E-state index in [1.54, 1.807) is 18.4 Å². The molecule has 2 rings (SSSR count). The third-order valence-electron chi connectivity index (χ3n) is 3.45. The van der Waals surface area contributed by atoms with E-state index in [2.05, 4.69) is 29.8 Å². The van der Waals surface area contributed by atoms with Gasteiger partial charge >= 0.3 is 0 Å². The highest BCUT2D eigenvalue weighted by molar-refractivity contribution is 7.10. The first-order valence-corrected chi connectivity index (χ1v) is 7.86. The van der Waals surface area contributed by atoms with Gasteiger partial charge < -0.3 is 10.1 Å². The fourth-order valence-electron chi connectivity index (χ4n) is 2.30. The molecule has 1 unspecified atom stereocenters. The van der Waals surface area contributed by atoms with Gasteiger partial charge in [0.15, 0.2) is 0 Å². The topological polar surface area (TPSA) is 21.3 Å². The molecule has 1 heterocycles. The van der Waals surface area contributed by atoms with E-state index in [0.29, 0.717) is 0 Å². The summed E-state index contributed by atoms with van der Waals surface area (Å²) in [5, 5.41) is 6.34. The van der Waals surface area contributed by atoms with Crippen LogP contribution < -0.4 is 10.1 Å². The molecule has 2 aromatic rings. The van der Waals surface area contributed by atoms with Gasteiger partial charge in [-0.05, 0) is 49.9 Å². The summed E-state index contributed by atoms with van der Waals surface area (Å²) < 4.78 is 5.46. The molecule has 20 heavy (non-hydrogen) atoms. The molecule has 0 saturated carbocycles. The van der Waals surface area contributed by atoms with Crippen molar-refractivity contribution in [3.63, 3.8) is 0 Å². The van der Waals surface area contributed by atoms with Crippen molar-refractivity contribution in [2.24, 2.45) is 0 Å². The lowest BCUT2D eigenvalue weighted by atomic mass is 10.0. The smallest absolute Gasteiger partial charge is 0.122 e. The molecule has 0 radical (unpaired) electrons. The third-order valence-corrected chi connectivity index (χ3v) is 5.28. The van der Waals surface area contributed by atoms with Crippen molar-refractivity contribution in [3.8, 4) is 5.75 Å². The summed E-state index contributed by atoms with van der Waals surface area (Å²) in [5.74, 6) is 0.931. The van der Waals surface area contributed by atoms with Gasteiger partial charge in [0, 0.05) is 10.9 Å². The lowest BCUT2D eigenvalue weighted by Gasteiger charge is -2.18. The summed E-state index contributed by atoms with van der Waals surface area (Å²) >= 11 is 8.10. The van der Waals surface area contributed by atoms with Crippen LogP contribution in [0.4, 0.5) is 0 Å². The number of likely N-dealkylation sites (N-methyl/N-ethyl adjacent to an activating group) is 1. The van der Waals surface area contributed by atoms with E-state index in [4.69, 9.17) is 16.3 Å². The van der Waals surface area contributed by atoms with E-state index in [1.807, 2.05) is 20.0 Å². The van der Waals surface area contributed by atoms with Crippen LogP contribution in [0.3, 0.4) is 0 Å². The normalized spacial score (nSPS) is 12.4. The lowest BCUT2D eigenvalue weighted by Crippen LogP contribution is -2.18. The summed E-state index contributed by atoms with van der Waals surface area (Å²) in [6.45, 7) is 4.14. The molecule has 0 aliphatic carbocycles. The van der Waals surface area contributed by atoms with Gasteiger partial charge in [0.1, 0.15) is 5.75 Å². The molecule has 1 aromatic carbocycles. The molecular formula is C16H20ClNOS. The van der Waals surface area contributed by atoms with Crippen molar-refractivity contribution in [3.05, 3.63) is 50.2 Å². The largest absolute Gasteiger partial charge is 0.496 e. The Balaban J connectivity index is 2.31. The van der Waals surface area contributed by atoms with Crippen LogP contribution in [0.15, 0.2) is 23.6 Å². The second-order valence-corrected chi connectivity index (χ2v) is 6.25. The Morgan fingerprint density at radius 2 is 2.10 bits per heavy atom. The van der Waals surface area contributed by atoms with Crippen molar-refractivity contribution >= 4 is 22.9 Å². The number of hydrogen-bond acceptors (Lipinski definition) is 3. The molecule has 0 aliphatic rings. The van der Waals surface area contributed by atoms with Crippen LogP contribution in [-0.4, -0.2) is 14.2 Å². The fourth-order valence-corrected chi connectivity index (χ4v) is 3.73. The SMILES string of the molecule is CNC(Cc1cc(C)ccc1OC)c1scc(C)c1Cl. The maximum absolute atomic E-state index is 6.39. The van der Waals surface area contributed by atoms with Gasteiger partial charge in [-0.1, -0.05) is 29.3 Å². The quantitative estimate of drug-likeness (QED) is 0.876. The number of halogens is 1. The van der Waals surface area contributed by atoms with Gasteiger partial charge in [-0.2, -0.15) is 0 Å². The molecule has 0 aliphatic heterocycles. The molecular weight excluding hydrogens is 290 g/mol. The summed E-state index contributed by atoms with van der Waals surface area (Å²) in [7, 11) is 3.68. The summed E-state index contributed by atoms with van der Waals surface area (Å²) in [6.07, 6.45) is 0.862. The highest BCUT2D eigenvalue weighted by Gasteiger charge is 2.18. The van der Waals surface area contributed by atoms with Crippen molar-refractivity contribution in [1.29, 1.82) is 0 Å². The van der Waals surface area contributed by atoms with Gasteiger partial charge in [0.05, 0.1) is 12.1 Å². The van der Waals surface area contributed by atoms with Crippen LogP contribution in [0.1, 0.15) is 27.6 Å². The Morgan fingerprint density at radius 1 is 1.35 bits per heavy atom. The molecule has 1 N–H and O–H groups in total. The molecule has 0 bridgehead atoms. The number of methoxy groups -OCH3 is 1. The van der Waals surface area contributed by atoms with E-state index in [1.165, 1.54) is 16.0 Å². The Bertz CT molecular complexity index is 594. The van der Waals surface area contributed by atoms with Crippen LogP contribution >= 0.6 is 22.9 Å². The minimum atomic E-state index is 0.205. The molecule has 2 nitrogen and oxygen atoms in total. The predicted octanol–water partition coefficient (Wildman–Crippen LogP) is 4.53. The van der Waals surface area contributed by atoms with Crippen LogP contribution in [-0.2, 0) is 6.42 Å². The average Bonchev–Trinajstić information content (AvgIpc) is 2.77. The zero-order valence-electron chi connectivity index (χ0n) is 12.3. The minimum absolute atomic E-state index is 0.205. The van der Waals surface area contributed by atoms with E-state index in [9.17, 15) is 0 Å². The standard InChI is InChI=1S/C16H20ClNOS/c1-10-5-6-14(19-4)12(7-10)8-13(18-3)16-15(17)11(2)9-20-16/h5-7,9,13,18H,8H2,1-4H3. The molecule has 1 atom stereocenters. The molecule has 0 amide bonds. The number of rotatable bonds is 5. The number of nitrogens with one attached hydrogen (secondary N) is 1. The first-order chi connectivity index (χ1) is 9.56. The van der Waals surface area contributed by atoms with Gasteiger partial charge in [-0.3, -0.25) is 0 Å². The number of hydrogen-bond donors (Lipinski definition) is 1. The molecule has 108 valence electrons. The fraction of sp³-hybridized carbons (Fsp3) is 0.375. The Morgan fingerprint density at radius 3 is 2.65 bits per heavy atom. The highest BCUT2D eigenvalue weighted by Crippen LogP contribution is 2.35. The van der Waals surface area contributed by atoms with E-state index in [-0.39, 0.29) is 6.04 Å². The number of aryl methyl sites for hydroxylation is 2. The van der Waals surface area contributed by atoms with E-state index >= 15 is 0 Å². The Kier molecular flexibility index (Phi) is 5.08. The molecule has 4 heteroatoms. The highest BCUT2D eigenvalue weighted by atomic mass is 35.5.